The highest BCUT2D eigenvalue weighted by Crippen LogP contribution is 2.42. The Bertz CT molecular complexity index is 1140. The van der Waals surface area contributed by atoms with Gasteiger partial charge in [-0.25, -0.2) is 0 Å². The number of aromatic hydroxyl groups is 1. The van der Waals surface area contributed by atoms with Crippen LogP contribution in [0.15, 0.2) is 51.0 Å². The van der Waals surface area contributed by atoms with E-state index in [1.165, 1.54) is 11.3 Å². The number of phenols is 1. The van der Waals surface area contributed by atoms with Crippen LogP contribution >= 0.6 is 39.7 Å². The number of rotatable bonds is 2. The SMILES string of the molecule is Cl.NCc1ccc(-c2c(O)cc(Br)c3[nH]c(=O)c4sccc4c23)cc1. The second-order valence-corrected chi connectivity index (χ2v) is 7.29. The Kier molecular flexibility index (Phi) is 4.88. The lowest BCUT2D eigenvalue weighted by Crippen LogP contribution is -2.05. The molecule has 0 bridgehead atoms. The molecule has 0 aliphatic heterocycles. The summed E-state index contributed by atoms with van der Waals surface area (Å²) in [5.41, 5.74) is 8.83. The molecule has 0 unspecified atom stereocenters. The second-order valence-electron chi connectivity index (χ2n) is 5.52. The first-order chi connectivity index (χ1) is 11.6. The smallest absolute Gasteiger partial charge is 0.266 e. The third-order valence-corrected chi connectivity index (χ3v) is 5.65. The first-order valence-corrected chi connectivity index (χ1v) is 9.01. The number of benzene rings is 2. The van der Waals surface area contributed by atoms with Gasteiger partial charge in [0.05, 0.1) is 5.52 Å². The fourth-order valence-corrected chi connectivity index (χ4v) is 4.29. The molecule has 4 aromatic rings. The lowest BCUT2D eigenvalue weighted by Gasteiger charge is -2.13. The van der Waals surface area contributed by atoms with E-state index in [1.807, 2.05) is 35.7 Å². The summed E-state index contributed by atoms with van der Waals surface area (Å²) in [5, 5.41) is 14.2. The lowest BCUT2D eigenvalue weighted by molar-refractivity contribution is 0.477. The molecule has 0 atom stereocenters. The second kappa shape index (κ2) is 6.80. The summed E-state index contributed by atoms with van der Waals surface area (Å²) in [5.74, 6) is 0.162. The van der Waals surface area contributed by atoms with Crippen LogP contribution in [0.2, 0.25) is 0 Å². The summed E-state index contributed by atoms with van der Waals surface area (Å²) >= 11 is 4.84. The topological polar surface area (TPSA) is 79.1 Å². The molecule has 25 heavy (non-hydrogen) atoms. The van der Waals surface area contributed by atoms with Gasteiger partial charge in [-0.1, -0.05) is 24.3 Å². The fraction of sp³-hybridized carbons (Fsp3) is 0.0556. The molecular formula is C18H14BrClN2O2S. The molecule has 0 radical (unpaired) electrons. The Morgan fingerprint density at radius 2 is 1.92 bits per heavy atom. The zero-order chi connectivity index (χ0) is 16.8. The van der Waals surface area contributed by atoms with Crippen LogP contribution in [-0.4, -0.2) is 10.1 Å². The molecule has 0 saturated heterocycles. The van der Waals surface area contributed by atoms with Gasteiger partial charge in [-0.3, -0.25) is 4.79 Å². The van der Waals surface area contributed by atoms with Crippen molar-refractivity contribution in [2.45, 2.75) is 6.54 Å². The Morgan fingerprint density at radius 3 is 2.60 bits per heavy atom. The third kappa shape index (κ3) is 2.85. The highest BCUT2D eigenvalue weighted by atomic mass is 79.9. The number of nitrogens with two attached hydrogens (primary N) is 1. The molecule has 4 nitrogen and oxygen atoms in total. The van der Waals surface area contributed by atoms with E-state index in [1.54, 1.807) is 6.07 Å². The number of H-pyrrole nitrogens is 1. The molecule has 2 aromatic heterocycles. The van der Waals surface area contributed by atoms with Crippen LogP contribution in [0.4, 0.5) is 0 Å². The zero-order valence-corrected chi connectivity index (χ0v) is 16.1. The van der Waals surface area contributed by atoms with Gasteiger partial charge < -0.3 is 15.8 Å². The fourth-order valence-electron chi connectivity index (χ4n) is 2.98. The van der Waals surface area contributed by atoms with E-state index in [0.29, 0.717) is 26.8 Å². The molecule has 128 valence electrons. The van der Waals surface area contributed by atoms with Gasteiger partial charge in [-0.15, -0.1) is 23.7 Å². The molecule has 0 spiro atoms. The number of thiophene rings is 1. The van der Waals surface area contributed by atoms with Crippen LogP contribution < -0.4 is 11.3 Å². The van der Waals surface area contributed by atoms with Crippen molar-refractivity contribution < 1.29 is 5.11 Å². The van der Waals surface area contributed by atoms with Gasteiger partial charge in [0, 0.05) is 27.4 Å². The number of halogens is 2. The van der Waals surface area contributed by atoms with Gasteiger partial charge in [0.15, 0.2) is 0 Å². The maximum atomic E-state index is 12.3. The van der Waals surface area contributed by atoms with E-state index in [-0.39, 0.29) is 23.7 Å². The van der Waals surface area contributed by atoms with E-state index < -0.39 is 0 Å². The minimum atomic E-state index is -0.122. The van der Waals surface area contributed by atoms with Crippen LogP contribution in [0, 0.1) is 0 Å². The van der Waals surface area contributed by atoms with Gasteiger partial charge in [-0.2, -0.15) is 0 Å². The van der Waals surface area contributed by atoms with Gasteiger partial charge in [0.1, 0.15) is 10.4 Å². The summed E-state index contributed by atoms with van der Waals surface area (Å²) in [6.45, 7) is 0.468. The molecule has 0 saturated carbocycles. The molecule has 0 aliphatic carbocycles. The van der Waals surface area contributed by atoms with Crippen molar-refractivity contribution in [3.05, 3.63) is 62.2 Å². The monoisotopic (exact) mass is 436 g/mol. The van der Waals surface area contributed by atoms with Crippen molar-refractivity contribution in [3.63, 3.8) is 0 Å². The van der Waals surface area contributed by atoms with Crippen molar-refractivity contribution in [1.29, 1.82) is 0 Å². The van der Waals surface area contributed by atoms with Crippen LogP contribution in [0.1, 0.15) is 5.56 Å². The molecule has 0 fully saturated rings. The Hall–Kier alpha value is -1.86. The maximum Gasteiger partial charge on any atom is 0.266 e. The predicted octanol–water partition coefficient (Wildman–Crippen LogP) is 4.76. The van der Waals surface area contributed by atoms with E-state index in [0.717, 1.165) is 21.9 Å². The Morgan fingerprint density at radius 1 is 1.20 bits per heavy atom. The lowest BCUT2D eigenvalue weighted by atomic mass is 9.96. The Balaban J connectivity index is 0.00000182. The van der Waals surface area contributed by atoms with E-state index in [2.05, 4.69) is 20.9 Å². The number of hydrogen-bond donors (Lipinski definition) is 3. The summed E-state index contributed by atoms with van der Waals surface area (Å²) in [6.07, 6.45) is 0. The first kappa shape index (κ1) is 17.9. The number of aromatic amines is 1. The molecule has 4 rings (SSSR count). The van der Waals surface area contributed by atoms with Crippen molar-refractivity contribution in [3.8, 4) is 16.9 Å². The highest BCUT2D eigenvalue weighted by molar-refractivity contribution is 9.10. The summed E-state index contributed by atoms with van der Waals surface area (Å²) in [4.78, 5) is 15.2. The highest BCUT2D eigenvalue weighted by Gasteiger charge is 2.17. The van der Waals surface area contributed by atoms with Gasteiger partial charge in [-0.05, 0) is 44.6 Å². The minimum Gasteiger partial charge on any atom is -0.507 e. The quantitative estimate of drug-likeness (QED) is 0.423. The average molecular weight is 438 g/mol. The molecule has 0 aliphatic rings. The third-order valence-electron chi connectivity index (χ3n) is 4.12. The summed E-state index contributed by atoms with van der Waals surface area (Å²) < 4.78 is 1.31. The largest absolute Gasteiger partial charge is 0.507 e. The maximum absolute atomic E-state index is 12.3. The van der Waals surface area contributed by atoms with Gasteiger partial charge >= 0.3 is 0 Å². The van der Waals surface area contributed by atoms with Crippen molar-refractivity contribution >= 4 is 60.7 Å². The van der Waals surface area contributed by atoms with E-state index >= 15 is 0 Å². The standard InChI is InChI=1S/C18H13BrN2O2S.ClH/c19-12-7-13(22)14(10-3-1-9(8-20)2-4-10)15-11-5-6-24-17(11)18(23)21-16(12)15;/h1-7,22H,8,20H2,(H,21,23);1H. The Labute approximate surface area is 161 Å². The van der Waals surface area contributed by atoms with E-state index in [9.17, 15) is 9.90 Å². The van der Waals surface area contributed by atoms with Crippen molar-refractivity contribution in [1.82, 2.24) is 4.98 Å². The van der Waals surface area contributed by atoms with Crippen LogP contribution in [0.5, 0.6) is 5.75 Å². The van der Waals surface area contributed by atoms with Crippen LogP contribution in [0.3, 0.4) is 0 Å². The van der Waals surface area contributed by atoms with Gasteiger partial charge in [0.2, 0.25) is 0 Å². The minimum absolute atomic E-state index is 0. The number of hydrogen-bond acceptors (Lipinski definition) is 4. The molecule has 0 amide bonds. The molecule has 2 aromatic carbocycles. The van der Waals surface area contributed by atoms with Crippen LogP contribution in [0.25, 0.3) is 32.1 Å². The number of pyridine rings is 1. The predicted molar refractivity (Wildman–Crippen MR) is 110 cm³/mol. The van der Waals surface area contributed by atoms with Crippen molar-refractivity contribution in [2.24, 2.45) is 5.73 Å². The number of fused-ring (bicyclic) bond motifs is 3. The molecule has 2 heterocycles. The zero-order valence-electron chi connectivity index (χ0n) is 12.9. The normalized spacial score (nSPS) is 11.0. The van der Waals surface area contributed by atoms with E-state index in [4.69, 9.17) is 5.73 Å². The molecule has 4 N–H and O–H groups in total. The number of nitrogens with one attached hydrogen (secondary N) is 1. The summed E-state index contributed by atoms with van der Waals surface area (Å²) in [7, 11) is 0. The number of aromatic nitrogens is 1. The summed E-state index contributed by atoms with van der Waals surface area (Å²) in [6, 6.07) is 11.3. The average Bonchev–Trinajstić information content (AvgIpc) is 3.07. The molecule has 7 heteroatoms. The van der Waals surface area contributed by atoms with Crippen LogP contribution in [-0.2, 0) is 6.54 Å². The molecular weight excluding hydrogens is 424 g/mol. The first-order valence-electron chi connectivity index (χ1n) is 7.34. The van der Waals surface area contributed by atoms with Gasteiger partial charge in [0.25, 0.3) is 5.56 Å². The van der Waals surface area contributed by atoms with Crippen molar-refractivity contribution in [2.75, 3.05) is 0 Å². The number of phenolic OH excluding ortho intramolecular Hbond substituents is 1.